The van der Waals surface area contributed by atoms with Gasteiger partial charge in [-0.3, -0.25) is 4.79 Å². The van der Waals surface area contributed by atoms with Crippen molar-refractivity contribution in [1.82, 2.24) is 9.97 Å². The zero-order chi connectivity index (χ0) is 14.9. The smallest absolute Gasteiger partial charge is 0.354 e. The number of hydrogen-bond donors (Lipinski definition) is 3. The second-order valence-electron chi connectivity index (χ2n) is 4.30. The highest BCUT2D eigenvalue weighted by Crippen LogP contribution is 2.25. The van der Waals surface area contributed by atoms with Crippen LogP contribution in [0.4, 0.5) is 5.69 Å². The van der Waals surface area contributed by atoms with Gasteiger partial charge in [0, 0.05) is 10.2 Å². The molecule has 0 aliphatic carbocycles. The minimum atomic E-state index is -1.23. The van der Waals surface area contributed by atoms with Crippen LogP contribution in [0.2, 0.25) is 0 Å². The van der Waals surface area contributed by atoms with E-state index in [0.29, 0.717) is 5.69 Å². The van der Waals surface area contributed by atoms with Crippen molar-refractivity contribution < 1.29 is 14.7 Å². The third kappa shape index (κ3) is 2.72. The molecule has 0 atom stereocenters. The molecule has 0 aliphatic heterocycles. The largest absolute Gasteiger partial charge is 0.477 e. The minimum absolute atomic E-state index is 0.140. The Morgan fingerprint density at radius 2 is 1.90 bits per heavy atom. The van der Waals surface area contributed by atoms with E-state index in [4.69, 9.17) is 5.11 Å². The van der Waals surface area contributed by atoms with Gasteiger partial charge in [-0.25, -0.2) is 9.78 Å². The molecule has 0 fully saturated rings. The Hall–Kier alpha value is -2.15. The Bertz CT molecular complexity index is 671. The van der Waals surface area contributed by atoms with Crippen LogP contribution in [0.3, 0.4) is 0 Å². The van der Waals surface area contributed by atoms with Gasteiger partial charge in [0.1, 0.15) is 0 Å². The fourth-order valence-corrected chi connectivity index (χ4v) is 2.60. The number of carbonyl (C=O) groups excluding carboxylic acids is 1. The molecule has 3 N–H and O–H groups in total. The first-order valence-electron chi connectivity index (χ1n) is 5.75. The molecule has 0 radical (unpaired) electrons. The van der Waals surface area contributed by atoms with Crippen molar-refractivity contribution in [3.05, 3.63) is 45.4 Å². The van der Waals surface area contributed by atoms with Crippen molar-refractivity contribution in [2.24, 2.45) is 0 Å². The number of hydrogen-bond acceptors (Lipinski definition) is 3. The highest BCUT2D eigenvalue weighted by molar-refractivity contribution is 9.10. The van der Waals surface area contributed by atoms with Crippen molar-refractivity contribution >= 4 is 33.5 Å². The monoisotopic (exact) mass is 337 g/mol. The number of nitrogens with zero attached hydrogens (tertiary/aromatic N) is 1. The van der Waals surface area contributed by atoms with E-state index in [-0.39, 0.29) is 11.4 Å². The molecule has 7 heteroatoms. The Kier molecular flexibility index (Phi) is 3.89. The number of imidazole rings is 1. The van der Waals surface area contributed by atoms with Crippen molar-refractivity contribution in [1.29, 1.82) is 0 Å². The molecule has 20 heavy (non-hydrogen) atoms. The molecule has 6 nitrogen and oxygen atoms in total. The van der Waals surface area contributed by atoms with Crippen molar-refractivity contribution in [2.75, 3.05) is 5.32 Å². The minimum Gasteiger partial charge on any atom is -0.477 e. The van der Waals surface area contributed by atoms with Crippen LogP contribution in [0.5, 0.6) is 0 Å². The number of halogens is 1. The van der Waals surface area contributed by atoms with Crippen LogP contribution < -0.4 is 5.32 Å². The highest BCUT2D eigenvalue weighted by atomic mass is 79.9. The van der Waals surface area contributed by atoms with Gasteiger partial charge < -0.3 is 15.4 Å². The number of carboxylic acids is 1. The molecule has 1 aromatic heterocycles. The number of carbonyl (C=O) groups is 2. The Morgan fingerprint density at radius 1 is 1.30 bits per heavy atom. The van der Waals surface area contributed by atoms with E-state index in [9.17, 15) is 9.59 Å². The summed E-state index contributed by atoms with van der Waals surface area (Å²) in [6.07, 6.45) is 1.18. The maximum absolute atomic E-state index is 12.1. The topological polar surface area (TPSA) is 95.1 Å². The number of aromatic nitrogens is 2. The number of H-pyrrole nitrogens is 1. The first-order chi connectivity index (χ1) is 9.40. The quantitative estimate of drug-likeness (QED) is 0.802. The number of aromatic carboxylic acids is 1. The zero-order valence-corrected chi connectivity index (χ0v) is 12.4. The van der Waals surface area contributed by atoms with E-state index >= 15 is 0 Å². The van der Waals surface area contributed by atoms with Gasteiger partial charge in [0.25, 0.3) is 5.91 Å². The summed E-state index contributed by atoms with van der Waals surface area (Å²) in [5.41, 5.74) is 2.03. The van der Waals surface area contributed by atoms with E-state index in [1.165, 1.54) is 6.33 Å². The number of benzene rings is 1. The molecule has 1 heterocycles. The zero-order valence-electron chi connectivity index (χ0n) is 10.8. The molecule has 1 aromatic carbocycles. The summed E-state index contributed by atoms with van der Waals surface area (Å²) in [6, 6.07) is 3.73. The second kappa shape index (κ2) is 5.46. The van der Waals surface area contributed by atoms with Crippen LogP contribution in [0.15, 0.2) is 22.9 Å². The van der Waals surface area contributed by atoms with Crippen molar-refractivity contribution in [3.63, 3.8) is 0 Å². The fraction of sp³-hybridized carbons (Fsp3) is 0.154. The van der Waals surface area contributed by atoms with Gasteiger partial charge in [-0.1, -0.05) is 15.9 Å². The lowest BCUT2D eigenvalue weighted by Crippen LogP contribution is -2.17. The summed E-state index contributed by atoms with van der Waals surface area (Å²) >= 11 is 3.37. The number of carboxylic acid groups (broad SMARTS) is 1. The number of nitrogens with one attached hydrogen (secondary N) is 2. The predicted octanol–water partition coefficient (Wildman–Crippen LogP) is 2.74. The Labute approximate surface area is 123 Å². The van der Waals surface area contributed by atoms with Crippen LogP contribution in [0.25, 0.3) is 0 Å². The molecule has 2 rings (SSSR count). The fourth-order valence-electron chi connectivity index (χ4n) is 1.91. The number of amides is 1. The molecular formula is C13H12BrN3O3. The summed E-state index contributed by atoms with van der Waals surface area (Å²) in [7, 11) is 0. The molecule has 0 saturated heterocycles. The summed E-state index contributed by atoms with van der Waals surface area (Å²) in [4.78, 5) is 29.3. The molecular weight excluding hydrogens is 326 g/mol. The maximum Gasteiger partial charge on any atom is 0.354 e. The predicted molar refractivity (Wildman–Crippen MR) is 77.1 cm³/mol. The summed E-state index contributed by atoms with van der Waals surface area (Å²) < 4.78 is 0.913. The van der Waals surface area contributed by atoms with Crippen LogP contribution >= 0.6 is 15.9 Å². The summed E-state index contributed by atoms with van der Waals surface area (Å²) in [5.74, 6) is -1.78. The van der Waals surface area contributed by atoms with Gasteiger partial charge in [0.2, 0.25) is 0 Å². The lowest BCUT2D eigenvalue weighted by Gasteiger charge is -2.11. The number of anilines is 1. The molecule has 1 amide bonds. The standard InChI is InChI=1S/C13H12BrN3O3/c1-6-3-8(14)4-7(2)9(6)17-12(18)10-11(13(19)20)16-5-15-10/h3-5H,1-2H3,(H,15,16)(H,17,18)(H,19,20). The normalized spacial score (nSPS) is 10.3. The van der Waals surface area contributed by atoms with E-state index in [1.807, 2.05) is 26.0 Å². The highest BCUT2D eigenvalue weighted by Gasteiger charge is 2.20. The maximum atomic E-state index is 12.1. The van der Waals surface area contributed by atoms with Gasteiger partial charge in [0.05, 0.1) is 6.33 Å². The molecule has 0 aliphatic rings. The van der Waals surface area contributed by atoms with E-state index < -0.39 is 11.9 Å². The van der Waals surface area contributed by atoms with Crippen molar-refractivity contribution in [2.45, 2.75) is 13.8 Å². The van der Waals surface area contributed by atoms with Gasteiger partial charge in [-0.05, 0) is 37.1 Å². The van der Waals surface area contributed by atoms with Crippen molar-refractivity contribution in [3.8, 4) is 0 Å². The first-order valence-corrected chi connectivity index (χ1v) is 6.54. The molecule has 0 bridgehead atoms. The van der Waals surface area contributed by atoms with Crippen LogP contribution in [0.1, 0.15) is 32.1 Å². The Morgan fingerprint density at radius 3 is 2.45 bits per heavy atom. The van der Waals surface area contributed by atoms with E-state index in [1.54, 1.807) is 0 Å². The average molecular weight is 338 g/mol. The van der Waals surface area contributed by atoms with E-state index in [2.05, 4.69) is 31.2 Å². The number of aryl methyl sites for hydroxylation is 2. The lowest BCUT2D eigenvalue weighted by atomic mass is 10.1. The molecule has 104 valence electrons. The molecule has 0 spiro atoms. The van der Waals surface area contributed by atoms with Gasteiger partial charge >= 0.3 is 5.97 Å². The van der Waals surface area contributed by atoms with Crippen LogP contribution in [-0.4, -0.2) is 27.0 Å². The van der Waals surface area contributed by atoms with Gasteiger partial charge in [-0.15, -0.1) is 0 Å². The SMILES string of the molecule is Cc1cc(Br)cc(C)c1NC(=O)c1nc[nH]c1C(=O)O. The number of aromatic amines is 1. The lowest BCUT2D eigenvalue weighted by molar-refractivity contribution is 0.0686. The second-order valence-corrected chi connectivity index (χ2v) is 5.22. The summed E-state index contributed by atoms with van der Waals surface area (Å²) in [5, 5.41) is 11.7. The third-order valence-corrected chi connectivity index (χ3v) is 3.26. The molecule has 2 aromatic rings. The molecule has 0 unspecified atom stereocenters. The Balaban J connectivity index is 2.33. The first kappa shape index (κ1) is 14.3. The molecule has 0 saturated carbocycles. The van der Waals surface area contributed by atoms with E-state index in [0.717, 1.165) is 15.6 Å². The average Bonchev–Trinajstić information content (AvgIpc) is 2.82. The number of rotatable bonds is 3. The third-order valence-electron chi connectivity index (χ3n) is 2.80. The summed E-state index contributed by atoms with van der Waals surface area (Å²) in [6.45, 7) is 3.71. The van der Waals surface area contributed by atoms with Gasteiger partial charge in [-0.2, -0.15) is 0 Å². The van der Waals surface area contributed by atoms with Crippen LogP contribution in [-0.2, 0) is 0 Å². The van der Waals surface area contributed by atoms with Crippen LogP contribution in [0, 0.1) is 13.8 Å². The van der Waals surface area contributed by atoms with Gasteiger partial charge in [0.15, 0.2) is 11.4 Å².